The first-order valence-corrected chi connectivity index (χ1v) is 2.47. The van der Waals surface area contributed by atoms with E-state index in [4.69, 9.17) is 5.73 Å². The molecule has 0 aromatic carbocycles. The summed E-state index contributed by atoms with van der Waals surface area (Å²) in [6, 6.07) is 0.250. The molecule has 0 aromatic rings. The van der Waals surface area contributed by atoms with Gasteiger partial charge in [0.25, 0.3) is 0 Å². The molecule has 1 atom stereocenters. The maximum Gasteiger partial charge on any atom is 0.0419 e. The Morgan fingerprint density at radius 3 is 2.86 bits per heavy atom. The molecule has 0 radical (unpaired) electrons. The number of hydrogen-bond acceptors (Lipinski definition) is 2. The van der Waals surface area contributed by atoms with Crippen LogP contribution in [0.15, 0.2) is 11.8 Å². The number of hydrogen-bond donors (Lipinski definition) is 2. The lowest BCUT2D eigenvalue weighted by atomic mass is 10.3. The van der Waals surface area contributed by atoms with Crippen molar-refractivity contribution < 1.29 is 0 Å². The van der Waals surface area contributed by atoms with Crippen LogP contribution in [0.25, 0.3) is 0 Å². The number of nitrogens with two attached hydrogens (primary N) is 1. The van der Waals surface area contributed by atoms with E-state index in [1.807, 2.05) is 13.0 Å². The fourth-order valence-corrected chi connectivity index (χ4v) is 0.718. The summed E-state index contributed by atoms with van der Waals surface area (Å²) in [6.07, 6.45) is 2.03. The van der Waals surface area contributed by atoms with Crippen LogP contribution in [0.5, 0.6) is 0 Å². The lowest BCUT2D eigenvalue weighted by Gasteiger charge is -1.93. The van der Waals surface area contributed by atoms with Gasteiger partial charge in [0, 0.05) is 18.3 Å². The van der Waals surface area contributed by atoms with Gasteiger partial charge in [-0.3, -0.25) is 0 Å². The Morgan fingerprint density at radius 1 is 2.00 bits per heavy atom. The van der Waals surface area contributed by atoms with E-state index in [1.165, 1.54) is 5.70 Å². The third-order valence-electron chi connectivity index (χ3n) is 1.08. The van der Waals surface area contributed by atoms with Crippen molar-refractivity contribution in [2.75, 3.05) is 6.54 Å². The number of allylic oxidation sites excluding steroid dienone is 1. The summed E-state index contributed by atoms with van der Waals surface area (Å²) in [4.78, 5) is 0. The molecular formula is C5H10N2. The van der Waals surface area contributed by atoms with E-state index in [2.05, 4.69) is 5.32 Å². The number of nitrogens with one attached hydrogen (secondary N) is 1. The summed E-state index contributed by atoms with van der Waals surface area (Å²) in [6.45, 7) is 2.93. The van der Waals surface area contributed by atoms with Gasteiger partial charge in [-0.15, -0.1) is 0 Å². The Morgan fingerprint density at radius 2 is 2.71 bits per heavy atom. The topological polar surface area (TPSA) is 38.0 Å². The summed E-state index contributed by atoms with van der Waals surface area (Å²) in [7, 11) is 0. The summed E-state index contributed by atoms with van der Waals surface area (Å²) < 4.78 is 0. The second-order valence-corrected chi connectivity index (χ2v) is 1.89. The van der Waals surface area contributed by atoms with Gasteiger partial charge in [-0.05, 0) is 13.0 Å². The summed E-state index contributed by atoms with van der Waals surface area (Å²) >= 11 is 0. The normalized spacial score (nSPS) is 29.4. The van der Waals surface area contributed by atoms with Crippen LogP contribution in [0.3, 0.4) is 0 Å². The Kier molecular flexibility index (Phi) is 1.02. The van der Waals surface area contributed by atoms with E-state index in [9.17, 15) is 0 Å². The minimum Gasteiger partial charge on any atom is -0.387 e. The van der Waals surface area contributed by atoms with Crippen LogP contribution in [0.2, 0.25) is 0 Å². The molecule has 3 N–H and O–H groups in total. The highest BCUT2D eigenvalue weighted by molar-refractivity contribution is 5.08. The van der Waals surface area contributed by atoms with Gasteiger partial charge in [0.1, 0.15) is 0 Å². The first kappa shape index (κ1) is 4.65. The van der Waals surface area contributed by atoms with Crippen molar-refractivity contribution in [1.29, 1.82) is 0 Å². The second-order valence-electron chi connectivity index (χ2n) is 1.89. The molecule has 7 heavy (non-hydrogen) atoms. The molecule has 0 amide bonds. The minimum absolute atomic E-state index is 0.250. The van der Waals surface area contributed by atoms with Gasteiger partial charge < -0.3 is 11.1 Å². The van der Waals surface area contributed by atoms with E-state index in [0.29, 0.717) is 0 Å². The average molecular weight is 98.1 g/mol. The first-order valence-electron chi connectivity index (χ1n) is 2.47. The highest BCUT2D eigenvalue weighted by atomic mass is 14.9. The second kappa shape index (κ2) is 1.54. The maximum absolute atomic E-state index is 5.49. The Balaban J connectivity index is 2.50. The third-order valence-corrected chi connectivity index (χ3v) is 1.08. The van der Waals surface area contributed by atoms with Gasteiger partial charge >= 0.3 is 0 Å². The molecule has 0 unspecified atom stereocenters. The zero-order valence-corrected chi connectivity index (χ0v) is 4.44. The van der Waals surface area contributed by atoms with Gasteiger partial charge in [0.2, 0.25) is 0 Å². The quantitative estimate of drug-likeness (QED) is 0.441. The molecule has 0 bridgehead atoms. The third kappa shape index (κ3) is 0.933. The van der Waals surface area contributed by atoms with Gasteiger partial charge in [0.05, 0.1) is 0 Å². The SMILES string of the molecule is CC1=C[C@H](N)CN1. The molecule has 40 valence electrons. The molecule has 2 nitrogen and oxygen atoms in total. The first-order chi connectivity index (χ1) is 3.29. The summed E-state index contributed by atoms with van der Waals surface area (Å²) in [5.74, 6) is 0. The largest absolute Gasteiger partial charge is 0.387 e. The fourth-order valence-electron chi connectivity index (χ4n) is 0.718. The van der Waals surface area contributed by atoms with Crippen molar-refractivity contribution in [1.82, 2.24) is 5.32 Å². The molecule has 1 rings (SSSR count). The molecule has 1 heterocycles. The van der Waals surface area contributed by atoms with Crippen LogP contribution < -0.4 is 11.1 Å². The predicted molar refractivity (Wildman–Crippen MR) is 29.7 cm³/mol. The molecule has 0 aromatic heterocycles. The lowest BCUT2D eigenvalue weighted by Crippen LogP contribution is -2.23. The van der Waals surface area contributed by atoms with Crippen molar-refractivity contribution in [2.45, 2.75) is 13.0 Å². The fraction of sp³-hybridized carbons (Fsp3) is 0.600. The molecule has 0 spiro atoms. The molecule has 2 heteroatoms. The van der Waals surface area contributed by atoms with Crippen LogP contribution in [0, 0.1) is 0 Å². The monoisotopic (exact) mass is 98.1 g/mol. The van der Waals surface area contributed by atoms with Crippen LogP contribution in [0.1, 0.15) is 6.92 Å². The molecule has 0 saturated carbocycles. The maximum atomic E-state index is 5.49. The average Bonchev–Trinajstić information content (AvgIpc) is 1.87. The molecule has 1 aliphatic heterocycles. The molecule has 0 aliphatic carbocycles. The molecule has 0 fully saturated rings. The van der Waals surface area contributed by atoms with Crippen molar-refractivity contribution in [3.63, 3.8) is 0 Å². The van der Waals surface area contributed by atoms with E-state index < -0.39 is 0 Å². The summed E-state index contributed by atoms with van der Waals surface area (Å²) in [5, 5.41) is 3.11. The van der Waals surface area contributed by atoms with Crippen molar-refractivity contribution in [3.05, 3.63) is 11.8 Å². The highest BCUT2D eigenvalue weighted by Gasteiger charge is 2.04. The minimum atomic E-state index is 0.250. The molecule has 0 saturated heterocycles. The van der Waals surface area contributed by atoms with Crippen molar-refractivity contribution in [2.24, 2.45) is 5.73 Å². The highest BCUT2D eigenvalue weighted by Crippen LogP contribution is 1.96. The van der Waals surface area contributed by atoms with Crippen LogP contribution >= 0.6 is 0 Å². The van der Waals surface area contributed by atoms with Gasteiger partial charge in [0.15, 0.2) is 0 Å². The Bertz CT molecular complexity index is 96.3. The van der Waals surface area contributed by atoms with Crippen LogP contribution in [-0.2, 0) is 0 Å². The van der Waals surface area contributed by atoms with Crippen molar-refractivity contribution in [3.8, 4) is 0 Å². The van der Waals surface area contributed by atoms with Crippen LogP contribution in [0.4, 0.5) is 0 Å². The zero-order chi connectivity index (χ0) is 5.28. The van der Waals surface area contributed by atoms with E-state index in [0.717, 1.165) is 6.54 Å². The van der Waals surface area contributed by atoms with E-state index in [-0.39, 0.29) is 6.04 Å². The summed E-state index contributed by atoms with van der Waals surface area (Å²) in [5.41, 5.74) is 6.69. The van der Waals surface area contributed by atoms with Gasteiger partial charge in [-0.2, -0.15) is 0 Å². The predicted octanol–water partition coefficient (Wildman–Crippen LogP) is -0.179. The lowest BCUT2D eigenvalue weighted by molar-refractivity contribution is 0.780. The standard InChI is InChI=1S/C5H10N2/c1-4-2-5(6)3-7-4/h2,5,7H,3,6H2,1H3/t5-/m0/s1. The van der Waals surface area contributed by atoms with E-state index >= 15 is 0 Å². The van der Waals surface area contributed by atoms with Crippen LogP contribution in [-0.4, -0.2) is 12.6 Å². The molecular weight excluding hydrogens is 88.1 g/mol. The van der Waals surface area contributed by atoms with E-state index in [1.54, 1.807) is 0 Å². The number of rotatable bonds is 0. The smallest absolute Gasteiger partial charge is 0.0419 e. The molecule has 1 aliphatic rings. The Hall–Kier alpha value is -0.500. The Labute approximate surface area is 43.4 Å². The zero-order valence-electron chi connectivity index (χ0n) is 4.44. The van der Waals surface area contributed by atoms with Crippen molar-refractivity contribution >= 4 is 0 Å². The van der Waals surface area contributed by atoms with Gasteiger partial charge in [-0.1, -0.05) is 0 Å². The van der Waals surface area contributed by atoms with Gasteiger partial charge in [-0.25, -0.2) is 0 Å².